The Balaban J connectivity index is 1.99. The summed E-state index contributed by atoms with van der Waals surface area (Å²) in [6.07, 6.45) is 3.09. The highest BCUT2D eigenvalue weighted by Crippen LogP contribution is 2.35. The smallest absolute Gasteiger partial charge is 0.294 e. The van der Waals surface area contributed by atoms with Gasteiger partial charge in [0.05, 0.1) is 12.0 Å². The Bertz CT molecular complexity index is 1070. The van der Waals surface area contributed by atoms with Crippen molar-refractivity contribution in [1.29, 1.82) is 0 Å². The van der Waals surface area contributed by atoms with Gasteiger partial charge in [-0.1, -0.05) is 18.2 Å². The number of ether oxygens (including phenoxy) is 1. The quantitative estimate of drug-likeness (QED) is 0.551. The molecule has 10 heteroatoms. The lowest BCUT2D eigenvalue weighted by atomic mass is 10.2. The molecule has 1 saturated heterocycles. The summed E-state index contributed by atoms with van der Waals surface area (Å²) in [7, 11) is -2.49. The van der Waals surface area contributed by atoms with E-state index in [1.54, 1.807) is 29.7 Å². The van der Waals surface area contributed by atoms with Crippen LogP contribution < -0.4 is 4.74 Å². The van der Waals surface area contributed by atoms with Crippen LogP contribution in [0.25, 0.3) is 6.08 Å². The molecule has 0 spiro atoms. The molecule has 1 aliphatic heterocycles. The van der Waals surface area contributed by atoms with Crippen molar-refractivity contribution in [3.05, 3.63) is 58.8 Å². The highest BCUT2D eigenvalue weighted by Gasteiger charge is 2.34. The van der Waals surface area contributed by atoms with Gasteiger partial charge in [-0.15, -0.1) is 22.3 Å². The number of sulfonamides is 1. The van der Waals surface area contributed by atoms with Crippen LogP contribution in [-0.2, 0) is 14.8 Å². The molecule has 28 heavy (non-hydrogen) atoms. The first-order chi connectivity index (χ1) is 13.4. The monoisotopic (exact) mass is 436 g/mol. The number of benzene rings is 1. The van der Waals surface area contributed by atoms with Crippen molar-refractivity contribution >= 4 is 50.3 Å². The number of hydrogen-bond acceptors (Lipinski definition) is 7. The van der Waals surface area contributed by atoms with Crippen molar-refractivity contribution in [1.82, 2.24) is 4.90 Å². The third kappa shape index (κ3) is 4.13. The lowest BCUT2D eigenvalue weighted by Gasteiger charge is -2.12. The molecule has 3 rings (SSSR count). The van der Waals surface area contributed by atoms with Crippen molar-refractivity contribution < 1.29 is 23.1 Å². The molecule has 1 aliphatic rings. The molecule has 1 aromatic carbocycles. The number of carbonyl (C=O) groups is 1. The summed E-state index contributed by atoms with van der Waals surface area (Å²) in [6.45, 7) is 3.74. The Morgan fingerprint density at radius 1 is 1.36 bits per heavy atom. The van der Waals surface area contributed by atoms with Gasteiger partial charge in [0.25, 0.3) is 15.9 Å². The van der Waals surface area contributed by atoms with Gasteiger partial charge in [-0.2, -0.15) is 8.42 Å². The summed E-state index contributed by atoms with van der Waals surface area (Å²) in [5.41, 5.74) is 0.617. The zero-order chi connectivity index (χ0) is 20.3. The number of phenolic OH excluding ortho intramolecular Hbond substituents is 1. The highest BCUT2D eigenvalue weighted by atomic mass is 32.2. The van der Waals surface area contributed by atoms with Crippen molar-refractivity contribution in [2.24, 2.45) is 4.40 Å². The molecule has 1 N–H and O–H groups in total. The summed E-state index contributed by atoms with van der Waals surface area (Å²) < 4.78 is 34.0. The van der Waals surface area contributed by atoms with Gasteiger partial charge in [0.2, 0.25) is 0 Å². The van der Waals surface area contributed by atoms with Gasteiger partial charge < -0.3 is 9.84 Å². The summed E-state index contributed by atoms with van der Waals surface area (Å²) in [5, 5.41) is 11.4. The van der Waals surface area contributed by atoms with Gasteiger partial charge in [0.15, 0.2) is 16.7 Å². The number of amides is 1. The molecule has 1 aromatic heterocycles. The van der Waals surface area contributed by atoms with Crippen LogP contribution in [0, 0.1) is 0 Å². The average molecular weight is 437 g/mol. The largest absolute Gasteiger partial charge is 0.504 e. The molecule has 0 saturated carbocycles. The van der Waals surface area contributed by atoms with Crippen LogP contribution in [0.15, 0.2) is 61.9 Å². The fourth-order valence-corrected chi connectivity index (χ4v) is 5.52. The normalized spacial score (nSPS) is 17.5. The molecule has 7 nitrogen and oxygen atoms in total. The van der Waals surface area contributed by atoms with Crippen LogP contribution in [0.1, 0.15) is 5.56 Å². The maximum Gasteiger partial charge on any atom is 0.294 e. The molecule has 1 fully saturated rings. The van der Waals surface area contributed by atoms with Crippen molar-refractivity contribution in [2.75, 3.05) is 13.7 Å². The first-order valence-electron chi connectivity index (χ1n) is 7.93. The third-order valence-electron chi connectivity index (χ3n) is 3.65. The SMILES string of the molecule is C=CCN1C(=O)/C(=C/c2ccc(O)c(OC)c2)S/C1=N/S(=O)(=O)c1cccs1. The van der Waals surface area contributed by atoms with E-state index in [1.807, 2.05) is 0 Å². The van der Waals surface area contributed by atoms with Gasteiger partial charge in [0.1, 0.15) is 4.21 Å². The van der Waals surface area contributed by atoms with E-state index in [9.17, 15) is 18.3 Å². The number of phenols is 1. The number of nitrogens with zero attached hydrogens (tertiary/aromatic N) is 2. The zero-order valence-corrected chi connectivity index (χ0v) is 17.2. The topological polar surface area (TPSA) is 96.3 Å². The Kier molecular flexibility index (Phi) is 5.92. The Labute approximate surface area is 170 Å². The number of thiophene rings is 1. The fourth-order valence-electron chi connectivity index (χ4n) is 2.36. The molecule has 0 radical (unpaired) electrons. The van der Waals surface area contributed by atoms with Gasteiger partial charge in [0, 0.05) is 6.54 Å². The van der Waals surface area contributed by atoms with E-state index in [1.165, 1.54) is 30.2 Å². The van der Waals surface area contributed by atoms with E-state index in [0.29, 0.717) is 10.5 Å². The number of thioether (sulfide) groups is 1. The highest BCUT2D eigenvalue weighted by molar-refractivity contribution is 8.19. The lowest BCUT2D eigenvalue weighted by molar-refractivity contribution is -0.121. The number of aromatic hydroxyl groups is 1. The molecule has 2 aromatic rings. The minimum atomic E-state index is -3.91. The second kappa shape index (κ2) is 8.21. The number of hydrogen-bond donors (Lipinski definition) is 1. The molecule has 146 valence electrons. The van der Waals surface area contributed by atoms with Crippen LogP contribution in [0.5, 0.6) is 11.5 Å². The zero-order valence-electron chi connectivity index (χ0n) is 14.7. The van der Waals surface area contributed by atoms with Crippen LogP contribution in [0.3, 0.4) is 0 Å². The van der Waals surface area contributed by atoms with Gasteiger partial charge >= 0.3 is 0 Å². The first-order valence-corrected chi connectivity index (χ1v) is 11.1. The van der Waals surface area contributed by atoms with Gasteiger partial charge in [-0.25, -0.2) is 0 Å². The van der Waals surface area contributed by atoms with Crippen molar-refractivity contribution in [3.63, 3.8) is 0 Å². The van der Waals surface area contributed by atoms with Crippen LogP contribution in [0.2, 0.25) is 0 Å². The van der Waals surface area contributed by atoms with E-state index in [2.05, 4.69) is 11.0 Å². The molecule has 0 atom stereocenters. The number of carbonyl (C=O) groups excluding carboxylic acids is 1. The van der Waals surface area contributed by atoms with E-state index >= 15 is 0 Å². The van der Waals surface area contributed by atoms with E-state index in [-0.39, 0.29) is 33.3 Å². The maximum absolute atomic E-state index is 12.7. The maximum atomic E-state index is 12.7. The van der Waals surface area contributed by atoms with Gasteiger partial charge in [-0.3, -0.25) is 9.69 Å². The Morgan fingerprint density at radius 3 is 2.79 bits per heavy atom. The number of rotatable bonds is 6. The summed E-state index contributed by atoms with van der Waals surface area (Å²) in [5.74, 6) is -0.133. The van der Waals surface area contributed by atoms with Crippen molar-refractivity contribution in [3.8, 4) is 11.5 Å². The van der Waals surface area contributed by atoms with Crippen molar-refractivity contribution in [2.45, 2.75) is 4.21 Å². The average Bonchev–Trinajstić information content (AvgIpc) is 3.29. The minimum absolute atomic E-state index is 0.0207. The standard InChI is InChI=1S/C18H16N2O5S3/c1-3-8-20-17(22)15(11-12-6-7-13(21)14(10-12)25-2)27-18(20)19-28(23,24)16-5-4-9-26-16/h3-7,9-11,21H,1,8H2,2H3/b15-11-,19-18+. The van der Waals surface area contributed by atoms with Crippen LogP contribution in [0.4, 0.5) is 0 Å². The molecular formula is C18H16N2O5S3. The summed E-state index contributed by atoms with van der Waals surface area (Å²) >= 11 is 2.02. The molecular weight excluding hydrogens is 420 g/mol. The van der Waals surface area contributed by atoms with E-state index in [4.69, 9.17) is 4.74 Å². The summed E-state index contributed by atoms with van der Waals surface area (Å²) in [4.78, 5) is 14.3. The second-order valence-corrected chi connectivity index (χ2v) is 9.32. The fraction of sp³-hybridized carbons (Fsp3) is 0.111. The molecule has 0 unspecified atom stereocenters. The number of amidine groups is 1. The first kappa shape index (κ1) is 20.2. The molecule has 2 heterocycles. The van der Waals surface area contributed by atoms with E-state index in [0.717, 1.165) is 23.1 Å². The second-order valence-electron chi connectivity index (χ2n) is 5.53. The lowest BCUT2D eigenvalue weighted by Crippen LogP contribution is -2.29. The van der Waals surface area contributed by atoms with Crippen LogP contribution >= 0.6 is 23.1 Å². The third-order valence-corrected chi connectivity index (χ3v) is 7.41. The predicted molar refractivity (Wildman–Crippen MR) is 111 cm³/mol. The Morgan fingerprint density at radius 2 is 2.14 bits per heavy atom. The molecule has 1 amide bonds. The van der Waals surface area contributed by atoms with Crippen LogP contribution in [-0.4, -0.2) is 43.2 Å². The van der Waals surface area contributed by atoms with E-state index < -0.39 is 10.0 Å². The molecule has 0 bridgehead atoms. The minimum Gasteiger partial charge on any atom is -0.504 e. The Hall–Kier alpha value is -2.56. The molecule has 0 aliphatic carbocycles. The predicted octanol–water partition coefficient (Wildman–Crippen LogP) is 3.31. The number of methoxy groups -OCH3 is 1. The van der Waals surface area contributed by atoms with Gasteiger partial charge in [-0.05, 0) is 47.0 Å². The summed E-state index contributed by atoms with van der Waals surface area (Å²) in [6, 6.07) is 7.73.